The molecule has 104 valence electrons. The molecular weight excluding hydrogens is 279 g/mol. The van der Waals surface area contributed by atoms with Gasteiger partial charge < -0.3 is 0 Å². The van der Waals surface area contributed by atoms with Crippen LogP contribution in [0.2, 0.25) is 0 Å². The third-order valence-corrected chi connectivity index (χ3v) is 2.34. The minimum absolute atomic E-state index is 0.417. The lowest BCUT2D eigenvalue weighted by molar-refractivity contribution is -0.399. The van der Waals surface area contributed by atoms with E-state index in [9.17, 15) is 39.5 Å². The van der Waals surface area contributed by atoms with Crippen molar-refractivity contribution in [1.82, 2.24) is 0 Å². The molecule has 1 aliphatic carbocycles. The molecule has 0 spiro atoms. The lowest BCUT2D eigenvalue weighted by Gasteiger charge is -2.35. The van der Waals surface area contributed by atoms with E-state index in [-0.39, 0.29) is 0 Å². The molecule has 18 heavy (non-hydrogen) atoms. The van der Waals surface area contributed by atoms with Crippen LogP contribution in [0.1, 0.15) is 0 Å². The van der Waals surface area contributed by atoms with Crippen molar-refractivity contribution in [2.75, 3.05) is 0 Å². The first-order valence-electron chi connectivity index (χ1n) is 4.41. The average Bonchev–Trinajstić information content (AvgIpc) is 2.68. The van der Waals surface area contributed by atoms with Crippen LogP contribution in [0.4, 0.5) is 39.5 Å². The molecule has 0 aromatic rings. The summed E-state index contributed by atoms with van der Waals surface area (Å²) >= 11 is 0. The summed E-state index contributed by atoms with van der Waals surface area (Å²) in [5, 5.41) is 0. The Morgan fingerprint density at radius 2 is 1.00 bits per heavy atom. The van der Waals surface area contributed by atoms with Crippen molar-refractivity contribution < 1.29 is 39.5 Å². The van der Waals surface area contributed by atoms with Crippen molar-refractivity contribution in [1.29, 1.82) is 0 Å². The van der Waals surface area contributed by atoms with Gasteiger partial charge >= 0.3 is 23.9 Å². The standard InChI is InChI=1S/C9H5F9/c10-6(11,5-3-1-2-4-5)7(12,13)8(14,15)9(16,17)18/h1-5H. The minimum Gasteiger partial charge on any atom is -0.199 e. The van der Waals surface area contributed by atoms with Gasteiger partial charge in [-0.3, -0.25) is 0 Å². The Balaban J connectivity index is 3.20. The van der Waals surface area contributed by atoms with Crippen molar-refractivity contribution in [3.8, 4) is 0 Å². The first kappa shape index (κ1) is 14.9. The number of halogens is 9. The summed E-state index contributed by atoms with van der Waals surface area (Å²) in [7, 11) is 0. The Hall–Kier alpha value is -1.15. The zero-order chi connectivity index (χ0) is 14.4. The average molecular weight is 284 g/mol. The summed E-state index contributed by atoms with van der Waals surface area (Å²) < 4.78 is 112. The summed E-state index contributed by atoms with van der Waals surface area (Å²) in [6.45, 7) is 0. The van der Waals surface area contributed by atoms with Crippen LogP contribution in [0.25, 0.3) is 0 Å². The molecule has 0 fully saturated rings. The summed E-state index contributed by atoms with van der Waals surface area (Å²) in [4.78, 5) is 0. The van der Waals surface area contributed by atoms with Crippen LogP contribution in [-0.4, -0.2) is 23.9 Å². The van der Waals surface area contributed by atoms with Crippen LogP contribution in [-0.2, 0) is 0 Å². The lowest BCUT2D eigenvalue weighted by atomic mass is 9.93. The van der Waals surface area contributed by atoms with E-state index in [0.717, 1.165) is 12.2 Å². The molecule has 0 radical (unpaired) electrons. The van der Waals surface area contributed by atoms with Gasteiger partial charge in [-0.15, -0.1) is 0 Å². The fourth-order valence-corrected chi connectivity index (χ4v) is 1.27. The number of hydrogen-bond donors (Lipinski definition) is 0. The molecule has 0 saturated carbocycles. The highest BCUT2D eigenvalue weighted by Gasteiger charge is 2.82. The van der Waals surface area contributed by atoms with E-state index < -0.39 is 29.9 Å². The molecule has 0 N–H and O–H groups in total. The zero-order valence-corrected chi connectivity index (χ0v) is 8.29. The summed E-state index contributed by atoms with van der Waals surface area (Å²) in [6, 6.07) is 0. The molecule has 0 bridgehead atoms. The summed E-state index contributed by atoms with van der Waals surface area (Å²) in [5.41, 5.74) is 0. The molecule has 0 atom stereocenters. The van der Waals surface area contributed by atoms with Gasteiger partial charge in [0.05, 0.1) is 5.92 Å². The van der Waals surface area contributed by atoms with Crippen molar-refractivity contribution in [3.63, 3.8) is 0 Å². The molecule has 9 heteroatoms. The molecule has 0 aromatic carbocycles. The smallest absolute Gasteiger partial charge is 0.199 e. The molecule has 0 unspecified atom stereocenters. The van der Waals surface area contributed by atoms with Crippen molar-refractivity contribution in [2.24, 2.45) is 5.92 Å². The maximum atomic E-state index is 13.1. The Morgan fingerprint density at radius 3 is 1.33 bits per heavy atom. The van der Waals surface area contributed by atoms with Gasteiger partial charge in [0.1, 0.15) is 0 Å². The molecule has 0 aliphatic heterocycles. The number of rotatable bonds is 3. The van der Waals surface area contributed by atoms with Crippen LogP contribution < -0.4 is 0 Å². The molecule has 0 amide bonds. The Labute approximate surface area is 94.8 Å². The second-order valence-corrected chi connectivity index (χ2v) is 3.57. The Kier molecular flexibility index (Phi) is 3.25. The van der Waals surface area contributed by atoms with Crippen molar-refractivity contribution in [3.05, 3.63) is 24.3 Å². The first-order valence-corrected chi connectivity index (χ1v) is 4.41. The molecule has 0 heterocycles. The van der Waals surface area contributed by atoms with E-state index in [1.54, 1.807) is 0 Å². The molecular formula is C9H5F9. The van der Waals surface area contributed by atoms with Crippen LogP contribution in [0.3, 0.4) is 0 Å². The van der Waals surface area contributed by atoms with Crippen LogP contribution >= 0.6 is 0 Å². The molecule has 1 aliphatic rings. The van der Waals surface area contributed by atoms with E-state index in [1.807, 2.05) is 0 Å². The zero-order valence-electron chi connectivity index (χ0n) is 8.29. The van der Waals surface area contributed by atoms with Gasteiger partial charge in [0.15, 0.2) is 0 Å². The monoisotopic (exact) mass is 284 g/mol. The maximum Gasteiger partial charge on any atom is 0.460 e. The van der Waals surface area contributed by atoms with E-state index >= 15 is 0 Å². The minimum atomic E-state index is -6.83. The summed E-state index contributed by atoms with van der Waals surface area (Å²) in [6.07, 6.45) is -4.24. The molecule has 0 saturated heterocycles. The number of alkyl halides is 9. The highest BCUT2D eigenvalue weighted by molar-refractivity contribution is 5.23. The Morgan fingerprint density at radius 1 is 0.611 bits per heavy atom. The fraction of sp³-hybridized carbons (Fsp3) is 0.556. The molecule has 0 aromatic heterocycles. The highest BCUT2D eigenvalue weighted by Crippen LogP contribution is 2.55. The SMILES string of the molecule is FC(F)(F)C(F)(F)C(F)(F)C(F)(F)C1C=CC=C1. The van der Waals surface area contributed by atoms with Crippen LogP contribution in [0, 0.1) is 5.92 Å². The van der Waals surface area contributed by atoms with Gasteiger partial charge in [0.2, 0.25) is 0 Å². The van der Waals surface area contributed by atoms with Crippen molar-refractivity contribution >= 4 is 0 Å². The third-order valence-electron chi connectivity index (χ3n) is 2.34. The first-order chi connectivity index (χ1) is 7.86. The van der Waals surface area contributed by atoms with E-state index in [2.05, 4.69) is 0 Å². The van der Waals surface area contributed by atoms with E-state index in [4.69, 9.17) is 0 Å². The van der Waals surface area contributed by atoms with Gasteiger partial charge in [-0.1, -0.05) is 24.3 Å². The molecule has 0 nitrogen and oxygen atoms in total. The highest BCUT2D eigenvalue weighted by atomic mass is 19.4. The predicted octanol–water partition coefficient (Wildman–Crippen LogP) is 4.20. The Bertz CT molecular complexity index is 362. The second kappa shape index (κ2) is 3.92. The van der Waals surface area contributed by atoms with Gasteiger partial charge in [-0.25, -0.2) is 0 Å². The normalized spacial score (nSPS) is 18.7. The van der Waals surface area contributed by atoms with Gasteiger partial charge in [0, 0.05) is 0 Å². The number of allylic oxidation sites excluding steroid dienone is 4. The predicted molar refractivity (Wildman–Crippen MR) is 42.7 cm³/mol. The summed E-state index contributed by atoms with van der Waals surface area (Å²) in [5.74, 6) is -21.5. The van der Waals surface area contributed by atoms with E-state index in [0.29, 0.717) is 12.2 Å². The fourth-order valence-electron chi connectivity index (χ4n) is 1.27. The number of hydrogen-bond acceptors (Lipinski definition) is 0. The maximum absolute atomic E-state index is 13.1. The topological polar surface area (TPSA) is 0 Å². The molecule has 1 rings (SSSR count). The van der Waals surface area contributed by atoms with Crippen molar-refractivity contribution in [2.45, 2.75) is 23.9 Å². The largest absolute Gasteiger partial charge is 0.460 e. The van der Waals surface area contributed by atoms with Gasteiger partial charge in [-0.2, -0.15) is 39.5 Å². The second-order valence-electron chi connectivity index (χ2n) is 3.57. The lowest BCUT2D eigenvalue weighted by Crippen LogP contribution is -2.62. The van der Waals surface area contributed by atoms with Gasteiger partial charge in [0.25, 0.3) is 0 Å². The van der Waals surface area contributed by atoms with Gasteiger partial charge in [-0.05, 0) is 0 Å². The third kappa shape index (κ3) is 1.89. The van der Waals surface area contributed by atoms with E-state index in [1.165, 1.54) is 0 Å². The quantitative estimate of drug-likeness (QED) is 0.681. The van der Waals surface area contributed by atoms with Crippen LogP contribution in [0.15, 0.2) is 24.3 Å². The van der Waals surface area contributed by atoms with Crippen LogP contribution in [0.5, 0.6) is 0 Å².